The van der Waals surface area contributed by atoms with Crippen LogP contribution in [0.2, 0.25) is 0 Å². The summed E-state index contributed by atoms with van der Waals surface area (Å²) in [6, 6.07) is 0.152. The smallest absolute Gasteiger partial charge is 0.223 e. The first-order valence-corrected chi connectivity index (χ1v) is 9.44. The van der Waals surface area contributed by atoms with Crippen molar-refractivity contribution in [3.8, 4) is 0 Å². The molecule has 0 radical (unpaired) electrons. The fourth-order valence-corrected chi connectivity index (χ4v) is 2.88. The Morgan fingerprint density at radius 2 is 1.73 bits per heavy atom. The van der Waals surface area contributed by atoms with E-state index in [1.54, 1.807) is 0 Å². The topological polar surface area (TPSA) is 93.7 Å². The molecule has 0 aromatic heterocycles. The van der Waals surface area contributed by atoms with Gasteiger partial charge in [0.1, 0.15) is 0 Å². The van der Waals surface area contributed by atoms with Gasteiger partial charge in [-0.1, -0.05) is 6.58 Å². The number of nitrogens with one attached hydrogen (secondary N) is 2. The molecule has 2 amide bonds. The molecule has 0 aliphatic heterocycles. The molecule has 0 atom stereocenters. The number of ether oxygens (including phenoxy) is 2. The molecule has 1 fully saturated rings. The summed E-state index contributed by atoms with van der Waals surface area (Å²) >= 11 is 0. The molecule has 148 valence electrons. The second kappa shape index (κ2) is 13.5. The van der Waals surface area contributed by atoms with Crippen LogP contribution in [-0.4, -0.2) is 56.6 Å². The Morgan fingerprint density at radius 1 is 1.04 bits per heavy atom. The van der Waals surface area contributed by atoms with Gasteiger partial charge in [0.25, 0.3) is 0 Å². The van der Waals surface area contributed by atoms with E-state index in [2.05, 4.69) is 17.2 Å². The predicted octanol–water partition coefficient (Wildman–Crippen LogP) is 1.37. The van der Waals surface area contributed by atoms with Gasteiger partial charge in [0.15, 0.2) is 5.78 Å². The molecule has 0 aromatic rings. The van der Waals surface area contributed by atoms with Crippen LogP contribution >= 0.6 is 0 Å². The molecular weight excluding hydrogens is 336 g/mol. The van der Waals surface area contributed by atoms with Crippen LogP contribution in [0.15, 0.2) is 12.7 Å². The Kier molecular flexibility index (Phi) is 11.6. The third-order valence-corrected chi connectivity index (χ3v) is 4.41. The van der Waals surface area contributed by atoms with Gasteiger partial charge in [-0.25, -0.2) is 0 Å². The molecule has 0 heterocycles. The summed E-state index contributed by atoms with van der Waals surface area (Å²) in [6.07, 6.45) is 5.17. The van der Waals surface area contributed by atoms with E-state index in [4.69, 9.17) is 9.47 Å². The van der Waals surface area contributed by atoms with Crippen LogP contribution < -0.4 is 10.6 Å². The average molecular weight is 368 g/mol. The lowest BCUT2D eigenvalue weighted by Crippen LogP contribution is -2.41. The van der Waals surface area contributed by atoms with Crippen molar-refractivity contribution in [2.75, 3.05) is 33.0 Å². The van der Waals surface area contributed by atoms with Gasteiger partial charge >= 0.3 is 0 Å². The van der Waals surface area contributed by atoms with Crippen molar-refractivity contribution in [1.29, 1.82) is 0 Å². The summed E-state index contributed by atoms with van der Waals surface area (Å²) in [4.78, 5) is 34.9. The molecule has 1 aliphatic rings. The zero-order chi connectivity index (χ0) is 19.2. The lowest BCUT2D eigenvalue weighted by Gasteiger charge is -2.28. The summed E-state index contributed by atoms with van der Waals surface area (Å²) in [6.45, 7) is 7.54. The molecule has 0 spiro atoms. The minimum atomic E-state index is -0.0456. The molecule has 7 nitrogen and oxygen atoms in total. The summed E-state index contributed by atoms with van der Waals surface area (Å²) < 4.78 is 10.5. The molecule has 0 aromatic carbocycles. The van der Waals surface area contributed by atoms with Crippen LogP contribution in [0.5, 0.6) is 0 Å². The average Bonchev–Trinajstić information content (AvgIpc) is 2.64. The second-order valence-corrected chi connectivity index (χ2v) is 6.39. The monoisotopic (exact) mass is 368 g/mol. The SMILES string of the molecule is C=CC(=O)CCOCCNC(=O)C1CCC(NC(=O)CCOCC)CC1. The Balaban J connectivity index is 2.09. The van der Waals surface area contributed by atoms with E-state index >= 15 is 0 Å². The van der Waals surface area contributed by atoms with Gasteiger partial charge in [-0.05, 0) is 38.7 Å². The Labute approximate surface area is 155 Å². The Bertz CT molecular complexity index is 459. The number of rotatable bonds is 13. The molecule has 1 rings (SSSR count). The van der Waals surface area contributed by atoms with Crippen molar-refractivity contribution in [3.05, 3.63) is 12.7 Å². The van der Waals surface area contributed by atoms with Crippen molar-refractivity contribution in [1.82, 2.24) is 10.6 Å². The van der Waals surface area contributed by atoms with E-state index in [-0.39, 0.29) is 29.6 Å². The number of ketones is 1. The van der Waals surface area contributed by atoms with Crippen LogP contribution in [-0.2, 0) is 23.9 Å². The van der Waals surface area contributed by atoms with Gasteiger partial charge in [0.05, 0.1) is 19.8 Å². The lowest BCUT2D eigenvalue weighted by molar-refractivity contribution is -0.126. The van der Waals surface area contributed by atoms with E-state index in [1.807, 2.05) is 6.92 Å². The molecule has 2 N–H and O–H groups in total. The van der Waals surface area contributed by atoms with E-state index < -0.39 is 0 Å². The number of carbonyl (C=O) groups excluding carboxylic acids is 3. The number of allylic oxidation sites excluding steroid dienone is 1. The molecule has 7 heteroatoms. The Morgan fingerprint density at radius 3 is 2.38 bits per heavy atom. The standard InChI is InChI=1S/C19H32N2O5/c1-3-17(22)9-12-26-14-11-20-19(24)15-5-7-16(8-6-15)21-18(23)10-13-25-4-2/h3,15-16H,1,4-14H2,2H3,(H,20,24)(H,21,23). The fourth-order valence-electron chi connectivity index (χ4n) is 2.88. The molecule has 0 bridgehead atoms. The first kappa shape index (κ1) is 22.3. The highest BCUT2D eigenvalue weighted by atomic mass is 16.5. The van der Waals surface area contributed by atoms with Crippen LogP contribution in [0.4, 0.5) is 0 Å². The van der Waals surface area contributed by atoms with Crippen molar-refractivity contribution < 1.29 is 23.9 Å². The van der Waals surface area contributed by atoms with Crippen molar-refractivity contribution in [2.24, 2.45) is 5.92 Å². The first-order valence-electron chi connectivity index (χ1n) is 9.44. The fraction of sp³-hybridized carbons (Fsp3) is 0.737. The second-order valence-electron chi connectivity index (χ2n) is 6.39. The third kappa shape index (κ3) is 9.68. The number of hydrogen-bond acceptors (Lipinski definition) is 5. The number of carbonyl (C=O) groups is 3. The van der Waals surface area contributed by atoms with E-state index in [0.717, 1.165) is 25.7 Å². The van der Waals surface area contributed by atoms with E-state index in [9.17, 15) is 14.4 Å². The van der Waals surface area contributed by atoms with Crippen molar-refractivity contribution in [3.63, 3.8) is 0 Å². The Hall–Kier alpha value is -1.73. The minimum Gasteiger partial charge on any atom is -0.381 e. The summed E-state index contributed by atoms with van der Waals surface area (Å²) in [7, 11) is 0. The highest BCUT2D eigenvalue weighted by molar-refractivity contribution is 5.89. The van der Waals surface area contributed by atoms with Crippen molar-refractivity contribution >= 4 is 17.6 Å². The van der Waals surface area contributed by atoms with Crippen LogP contribution in [0.1, 0.15) is 45.4 Å². The van der Waals surface area contributed by atoms with Crippen LogP contribution in [0.25, 0.3) is 0 Å². The first-order chi connectivity index (χ1) is 12.6. The molecule has 1 saturated carbocycles. The summed E-state index contributed by atoms with van der Waals surface area (Å²) in [5.41, 5.74) is 0. The normalized spacial score (nSPS) is 19.6. The number of hydrogen-bond donors (Lipinski definition) is 2. The summed E-state index contributed by atoms with van der Waals surface area (Å²) in [5.74, 6) is 0.0000210. The third-order valence-electron chi connectivity index (χ3n) is 4.41. The van der Waals surface area contributed by atoms with Gasteiger partial charge in [-0.3, -0.25) is 14.4 Å². The van der Waals surface area contributed by atoms with Gasteiger partial charge in [0.2, 0.25) is 11.8 Å². The number of amides is 2. The molecular formula is C19H32N2O5. The van der Waals surface area contributed by atoms with Crippen molar-refractivity contribution in [2.45, 2.75) is 51.5 Å². The zero-order valence-corrected chi connectivity index (χ0v) is 15.8. The van der Waals surface area contributed by atoms with Gasteiger partial charge < -0.3 is 20.1 Å². The molecule has 0 saturated heterocycles. The molecule has 1 aliphatic carbocycles. The molecule has 0 unspecified atom stereocenters. The highest BCUT2D eigenvalue weighted by Gasteiger charge is 2.26. The van der Waals surface area contributed by atoms with Crippen LogP contribution in [0, 0.1) is 5.92 Å². The highest BCUT2D eigenvalue weighted by Crippen LogP contribution is 2.24. The zero-order valence-electron chi connectivity index (χ0n) is 15.8. The van der Waals surface area contributed by atoms with Crippen LogP contribution in [0.3, 0.4) is 0 Å². The van der Waals surface area contributed by atoms with E-state index in [1.165, 1.54) is 6.08 Å². The van der Waals surface area contributed by atoms with Gasteiger partial charge in [-0.2, -0.15) is 0 Å². The molecule has 26 heavy (non-hydrogen) atoms. The van der Waals surface area contributed by atoms with Gasteiger partial charge in [-0.15, -0.1) is 0 Å². The lowest BCUT2D eigenvalue weighted by atomic mass is 9.85. The maximum Gasteiger partial charge on any atom is 0.223 e. The quantitative estimate of drug-likeness (QED) is 0.378. The minimum absolute atomic E-state index is 0.00563. The maximum atomic E-state index is 12.2. The largest absolute Gasteiger partial charge is 0.381 e. The van der Waals surface area contributed by atoms with Gasteiger partial charge in [0, 0.05) is 38.0 Å². The predicted molar refractivity (Wildman–Crippen MR) is 98.6 cm³/mol. The summed E-state index contributed by atoms with van der Waals surface area (Å²) in [5, 5.41) is 5.88. The van der Waals surface area contributed by atoms with E-state index in [0.29, 0.717) is 45.8 Å². The maximum absolute atomic E-state index is 12.2.